The van der Waals surface area contributed by atoms with Crippen LogP contribution in [0.1, 0.15) is 27.2 Å². The van der Waals surface area contributed by atoms with Gasteiger partial charge in [-0.25, -0.2) is 13.1 Å². The number of likely N-dealkylation sites (tertiary alicyclic amines) is 1. The summed E-state index contributed by atoms with van der Waals surface area (Å²) in [4.78, 5) is 2.36. The van der Waals surface area contributed by atoms with Gasteiger partial charge >= 0.3 is 0 Å². The molecular formula is C13H28N2O3S. The minimum atomic E-state index is -3.22. The van der Waals surface area contributed by atoms with E-state index in [9.17, 15) is 8.42 Å². The highest BCUT2D eigenvalue weighted by molar-refractivity contribution is 7.89. The zero-order valence-corrected chi connectivity index (χ0v) is 13.4. The molecule has 0 aromatic heterocycles. The summed E-state index contributed by atoms with van der Waals surface area (Å²) < 4.78 is 31.0. The molecule has 1 saturated heterocycles. The van der Waals surface area contributed by atoms with E-state index in [4.69, 9.17) is 4.74 Å². The van der Waals surface area contributed by atoms with Crippen molar-refractivity contribution in [2.75, 3.05) is 39.1 Å². The Bertz CT molecular complexity index is 349. The van der Waals surface area contributed by atoms with Gasteiger partial charge in [-0.1, -0.05) is 13.8 Å². The fourth-order valence-electron chi connectivity index (χ4n) is 2.92. The first-order chi connectivity index (χ1) is 8.82. The molecule has 3 atom stereocenters. The first-order valence-corrected chi connectivity index (χ1v) is 8.69. The summed E-state index contributed by atoms with van der Waals surface area (Å²) in [6.45, 7) is 9.59. The predicted octanol–water partition coefficient (Wildman–Crippen LogP) is 0.919. The van der Waals surface area contributed by atoms with Crippen molar-refractivity contribution >= 4 is 10.0 Å². The van der Waals surface area contributed by atoms with Gasteiger partial charge in [-0.3, -0.25) is 0 Å². The Hall–Kier alpha value is -0.170. The van der Waals surface area contributed by atoms with Crippen LogP contribution in [0, 0.1) is 11.8 Å². The molecular weight excluding hydrogens is 264 g/mol. The number of hydrogen-bond acceptors (Lipinski definition) is 4. The van der Waals surface area contributed by atoms with Crippen LogP contribution in [-0.2, 0) is 14.8 Å². The van der Waals surface area contributed by atoms with Crippen molar-refractivity contribution in [2.24, 2.45) is 11.8 Å². The van der Waals surface area contributed by atoms with E-state index in [2.05, 4.69) is 23.5 Å². The Kier molecular flexibility index (Phi) is 6.73. The molecule has 0 unspecified atom stereocenters. The summed E-state index contributed by atoms with van der Waals surface area (Å²) in [5, 5.41) is 0. The van der Waals surface area contributed by atoms with E-state index < -0.39 is 10.0 Å². The summed E-state index contributed by atoms with van der Waals surface area (Å²) in [5.74, 6) is 1.42. The first kappa shape index (κ1) is 16.9. The van der Waals surface area contributed by atoms with Crippen LogP contribution < -0.4 is 4.72 Å². The number of hydrogen-bond donors (Lipinski definition) is 1. The molecule has 1 fully saturated rings. The standard InChI is InChI=1S/C13H28N2O3S/c1-11-7-12(2)9-15(8-11)10-13(3)14-19(16,17)6-5-18-4/h11-14H,5-10H2,1-4H3/t11-,12+,13-/m0/s1. The van der Waals surface area contributed by atoms with E-state index in [1.54, 1.807) is 0 Å². The van der Waals surface area contributed by atoms with Crippen LogP contribution in [0.25, 0.3) is 0 Å². The number of nitrogens with one attached hydrogen (secondary N) is 1. The fraction of sp³-hybridized carbons (Fsp3) is 1.00. The summed E-state index contributed by atoms with van der Waals surface area (Å²) in [5.41, 5.74) is 0. The Morgan fingerprint density at radius 3 is 2.42 bits per heavy atom. The highest BCUT2D eigenvalue weighted by atomic mass is 32.2. The van der Waals surface area contributed by atoms with Gasteiger partial charge in [0.2, 0.25) is 10.0 Å². The first-order valence-electron chi connectivity index (χ1n) is 7.03. The summed E-state index contributed by atoms with van der Waals surface area (Å²) in [7, 11) is -1.71. The highest BCUT2D eigenvalue weighted by Crippen LogP contribution is 2.20. The summed E-state index contributed by atoms with van der Waals surface area (Å²) in [6, 6.07) is -0.0562. The zero-order valence-electron chi connectivity index (χ0n) is 12.6. The van der Waals surface area contributed by atoms with Crippen LogP contribution in [0.2, 0.25) is 0 Å². The molecule has 0 aromatic rings. The molecule has 6 heteroatoms. The van der Waals surface area contributed by atoms with Crippen molar-refractivity contribution < 1.29 is 13.2 Å². The molecule has 1 N–H and O–H groups in total. The Balaban J connectivity index is 2.40. The van der Waals surface area contributed by atoms with Gasteiger partial charge in [0.15, 0.2) is 0 Å². The maximum Gasteiger partial charge on any atom is 0.214 e. The molecule has 1 rings (SSSR count). The zero-order chi connectivity index (χ0) is 14.5. The van der Waals surface area contributed by atoms with E-state index in [1.165, 1.54) is 13.5 Å². The number of nitrogens with zero attached hydrogens (tertiary/aromatic N) is 1. The van der Waals surface area contributed by atoms with Crippen LogP contribution in [0.4, 0.5) is 0 Å². The SMILES string of the molecule is COCCS(=O)(=O)N[C@@H](C)CN1C[C@H](C)C[C@H](C)C1. The van der Waals surface area contributed by atoms with Crippen LogP contribution in [0.3, 0.4) is 0 Å². The molecule has 0 spiro atoms. The van der Waals surface area contributed by atoms with E-state index in [0.717, 1.165) is 19.6 Å². The molecule has 1 aliphatic heterocycles. The van der Waals surface area contributed by atoms with Crippen molar-refractivity contribution in [2.45, 2.75) is 33.2 Å². The monoisotopic (exact) mass is 292 g/mol. The predicted molar refractivity (Wildman–Crippen MR) is 77.6 cm³/mol. The number of piperidine rings is 1. The van der Waals surface area contributed by atoms with Crippen molar-refractivity contribution in [3.63, 3.8) is 0 Å². The lowest BCUT2D eigenvalue weighted by Gasteiger charge is -2.36. The molecule has 0 saturated carbocycles. The molecule has 0 aromatic carbocycles. The molecule has 114 valence electrons. The van der Waals surface area contributed by atoms with Crippen molar-refractivity contribution in [1.82, 2.24) is 9.62 Å². The van der Waals surface area contributed by atoms with Gasteiger partial charge in [0.1, 0.15) is 0 Å². The maximum atomic E-state index is 11.8. The normalized spacial score (nSPS) is 27.4. The Labute approximate surface area is 117 Å². The van der Waals surface area contributed by atoms with Crippen molar-refractivity contribution in [3.8, 4) is 0 Å². The van der Waals surface area contributed by atoms with Gasteiger partial charge in [-0.15, -0.1) is 0 Å². The number of methoxy groups -OCH3 is 1. The molecule has 0 radical (unpaired) electrons. The highest BCUT2D eigenvalue weighted by Gasteiger charge is 2.24. The third kappa shape index (κ3) is 6.70. The Morgan fingerprint density at radius 2 is 1.89 bits per heavy atom. The van der Waals surface area contributed by atoms with Crippen LogP contribution in [0.15, 0.2) is 0 Å². The number of sulfonamides is 1. The third-order valence-corrected chi connectivity index (χ3v) is 4.88. The average molecular weight is 292 g/mol. The number of ether oxygens (including phenoxy) is 1. The van der Waals surface area contributed by atoms with Gasteiger partial charge in [0, 0.05) is 32.8 Å². The summed E-state index contributed by atoms with van der Waals surface area (Å²) >= 11 is 0. The van der Waals surface area contributed by atoms with Gasteiger partial charge < -0.3 is 9.64 Å². The molecule has 0 bridgehead atoms. The van der Waals surface area contributed by atoms with Gasteiger partial charge in [0.05, 0.1) is 12.4 Å². The average Bonchev–Trinajstić information content (AvgIpc) is 2.23. The molecule has 0 amide bonds. The van der Waals surface area contributed by atoms with E-state index in [1.807, 2.05) is 6.92 Å². The van der Waals surface area contributed by atoms with E-state index >= 15 is 0 Å². The Morgan fingerprint density at radius 1 is 1.32 bits per heavy atom. The van der Waals surface area contributed by atoms with Gasteiger partial charge in [0.25, 0.3) is 0 Å². The minimum absolute atomic E-state index is 0.0284. The van der Waals surface area contributed by atoms with Gasteiger partial charge in [-0.05, 0) is 25.2 Å². The molecule has 1 aliphatic rings. The molecule has 0 aliphatic carbocycles. The summed E-state index contributed by atoms with van der Waals surface area (Å²) in [6.07, 6.45) is 1.27. The van der Waals surface area contributed by atoms with Crippen molar-refractivity contribution in [1.29, 1.82) is 0 Å². The van der Waals surface area contributed by atoms with E-state index in [-0.39, 0.29) is 18.4 Å². The topological polar surface area (TPSA) is 58.6 Å². The van der Waals surface area contributed by atoms with Crippen LogP contribution in [-0.4, -0.2) is 58.5 Å². The second-order valence-electron chi connectivity index (χ2n) is 6.00. The largest absolute Gasteiger partial charge is 0.384 e. The second kappa shape index (κ2) is 7.57. The van der Waals surface area contributed by atoms with Crippen molar-refractivity contribution in [3.05, 3.63) is 0 Å². The van der Waals surface area contributed by atoms with E-state index in [0.29, 0.717) is 11.8 Å². The quantitative estimate of drug-likeness (QED) is 0.758. The molecule has 1 heterocycles. The second-order valence-corrected chi connectivity index (χ2v) is 7.87. The smallest absolute Gasteiger partial charge is 0.214 e. The third-order valence-electron chi connectivity index (χ3n) is 3.41. The van der Waals surface area contributed by atoms with Crippen LogP contribution in [0.5, 0.6) is 0 Å². The molecule has 5 nitrogen and oxygen atoms in total. The lowest BCUT2D eigenvalue weighted by Crippen LogP contribution is -2.47. The lowest BCUT2D eigenvalue weighted by atomic mass is 9.92. The van der Waals surface area contributed by atoms with Gasteiger partial charge in [-0.2, -0.15) is 0 Å². The lowest BCUT2D eigenvalue weighted by molar-refractivity contribution is 0.134. The fourth-order valence-corrected chi connectivity index (χ4v) is 4.12. The number of rotatable bonds is 7. The molecule has 19 heavy (non-hydrogen) atoms. The van der Waals surface area contributed by atoms with Crippen LogP contribution >= 0.6 is 0 Å². The minimum Gasteiger partial charge on any atom is -0.384 e. The maximum absolute atomic E-state index is 11.8.